The second-order valence-corrected chi connectivity index (χ2v) is 20.1. The molecule has 67 heavy (non-hydrogen) atoms. The summed E-state index contributed by atoms with van der Waals surface area (Å²) >= 11 is 0. The van der Waals surface area contributed by atoms with E-state index < -0.39 is 77.8 Å². The quantitative estimate of drug-likeness (QED) is 0.145. The van der Waals surface area contributed by atoms with Crippen molar-refractivity contribution in [3.8, 4) is 5.75 Å². The lowest BCUT2D eigenvalue weighted by molar-refractivity contribution is -0.302. The maximum Gasteiger partial charge on any atom is 0.329 e. The number of rotatable bonds is 9. The highest BCUT2D eigenvalue weighted by Gasteiger charge is 2.56. The molecule has 1 aromatic carbocycles. The van der Waals surface area contributed by atoms with E-state index in [1.165, 1.54) is 4.90 Å². The van der Waals surface area contributed by atoms with Crippen molar-refractivity contribution in [2.75, 3.05) is 27.4 Å². The van der Waals surface area contributed by atoms with E-state index in [9.17, 15) is 29.4 Å². The normalized spacial score (nSPS) is 36.7. The monoisotopic (exact) mass is 935 g/mol. The van der Waals surface area contributed by atoms with E-state index in [-0.39, 0.29) is 55.6 Å². The fraction of sp³-hybridized carbons (Fsp3) is 0.698. The zero-order chi connectivity index (χ0) is 48.7. The van der Waals surface area contributed by atoms with Crippen molar-refractivity contribution in [1.82, 2.24) is 9.47 Å². The number of carbonyl (C=O) groups is 4. The molecule has 14 unspecified atom stereocenters. The summed E-state index contributed by atoms with van der Waals surface area (Å²) in [7, 11) is 5.10. The Labute approximate surface area is 397 Å². The van der Waals surface area contributed by atoms with E-state index in [1.807, 2.05) is 53.1 Å². The van der Waals surface area contributed by atoms with Gasteiger partial charge in [0.2, 0.25) is 5.79 Å². The summed E-state index contributed by atoms with van der Waals surface area (Å²) in [5.74, 6) is -6.69. The first kappa shape index (κ1) is 52.5. The van der Waals surface area contributed by atoms with Crippen molar-refractivity contribution >= 4 is 34.3 Å². The molecule has 1 aliphatic carbocycles. The Balaban J connectivity index is 1.31. The fourth-order valence-corrected chi connectivity index (χ4v) is 11.2. The van der Waals surface area contributed by atoms with Gasteiger partial charge in [0.1, 0.15) is 35.9 Å². The highest BCUT2D eigenvalue weighted by Crippen LogP contribution is 2.40. The predicted molar refractivity (Wildman–Crippen MR) is 254 cm³/mol. The van der Waals surface area contributed by atoms with Crippen LogP contribution in [-0.4, -0.2) is 125 Å². The largest absolute Gasteiger partial charge is 0.488 e. The molecule has 4 aliphatic rings. The highest BCUT2D eigenvalue weighted by atomic mass is 16.7. The summed E-state index contributed by atoms with van der Waals surface area (Å²) in [6.07, 6.45) is 6.74. The lowest BCUT2D eigenvalue weighted by Gasteiger charge is -2.47. The number of allylic oxidation sites excluding steroid dienone is 3. The Morgan fingerprint density at radius 1 is 0.925 bits per heavy atom. The Hall–Kier alpha value is -3.92. The Morgan fingerprint density at radius 2 is 1.66 bits per heavy atom. The summed E-state index contributed by atoms with van der Waals surface area (Å²) in [5, 5.41) is 25.1. The number of fused-ring (bicyclic) bond motifs is 4. The standard InChI is InChI=1S/C53H78N2O12/c1-11-37-24-31(3)23-32(4)25-46(62-9)49-47(63-10)27-34(6)53(61,67-49)50(58)51(59)55-21-14-13-15-41(55)52(60)66-48(35(7)42(56)30-43(37)57)33(5)26-36-16-19-44(45(28-36)64-12-2)65-39-17-18-40-38(29-39)20-22-54(40)8/h17-18,20,22,24,26,29,32,34-37,41-42,44-49,56,61H,11-16,19,21,23,25,27-28,30H2,1-10H3/b31-24+,33-26?. The molecule has 14 nitrogen and oxygen atoms in total. The van der Waals surface area contributed by atoms with Crippen molar-refractivity contribution in [3.63, 3.8) is 0 Å². The van der Waals surface area contributed by atoms with E-state index in [4.69, 9.17) is 28.4 Å². The number of piperidine rings is 1. The van der Waals surface area contributed by atoms with Gasteiger partial charge in [-0.15, -0.1) is 0 Å². The van der Waals surface area contributed by atoms with Crippen LogP contribution in [0.5, 0.6) is 5.75 Å². The second-order valence-electron chi connectivity index (χ2n) is 20.1. The maximum atomic E-state index is 14.6. The molecule has 1 saturated carbocycles. The highest BCUT2D eigenvalue weighted by molar-refractivity contribution is 6.39. The van der Waals surface area contributed by atoms with E-state index >= 15 is 0 Å². The SMILES string of the molecule is CCOC1CC(C=C(C)C2OC(=O)C3CCCCN3C(=O)C(=O)C3(O)OC(C(OC)CC(C)C/C(C)=C/C(CC)C(=O)CC(O)C2C)C(OC)CC3C)CCC1Oc1ccc2c(ccn2C)c1. The van der Waals surface area contributed by atoms with Gasteiger partial charge in [-0.2, -0.15) is 0 Å². The molecule has 2 aromatic rings. The molecule has 2 N–H and O–H groups in total. The van der Waals surface area contributed by atoms with Crippen LogP contribution in [0.4, 0.5) is 0 Å². The lowest BCUT2D eigenvalue weighted by atomic mass is 9.81. The van der Waals surface area contributed by atoms with Crippen LogP contribution in [0.25, 0.3) is 10.9 Å². The molecule has 14 heteroatoms. The Morgan fingerprint density at radius 3 is 2.36 bits per heavy atom. The number of ketones is 2. The van der Waals surface area contributed by atoms with Crippen molar-refractivity contribution < 1.29 is 57.8 Å². The lowest BCUT2D eigenvalue weighted by Crippen LogP contribution is -2.64. The number of hydrogen-bond acceptors (Lipinski definition) is 12. The molecule has 1 aromatic heterocycles. The van der Waals surface area contributed by atoms with Gasteiger partial charge in [0.25, 0.3) is 11.7 Å². The minimum atomic E-state index is -2.51. The van der Waals surface area contributed by atoms with Crippen molar-refractivity contribution in [3.05, 3.63) is 53.8 Å². The van der Waals surface area contributed by atoms with Gasteiger partial charge in [0, 0.05) is 75.7 Å². The number of carbonyl (C=O) groups excluding carboxylic acids is 4. The zero-order valence-corrected chi connectivity index (χ0v) is 41.6. The molecule has 3 aliphatic heterocycles. The average molecular weight is 935 g/mol. The van der Waals surface area contributed by atoms with Gasteiger partial charge in [0.05, 0.1) is 24.4 Å². The number of aryl methyl sites for hydroxylation is 1. The summed E-state index contributed by atoms with van der Waals surface area (Å²) in [5.41, 5.74) is 2.82. The fourth-order valence-electron chi connectivity index (χ4n) is 11.2. The number of Topliss-reactive ketones (excluding diaryl/α,β-unsaturated/α-hetero) is 2. The third-order valence-electron chi connectivity index (χ3n) is 15.1. The summed E-state index contributed by atoms with van der Waals surface area (Å²) in [6.45, 7) is 13.9. The first-order valence-corrected chi connectivity index (χ1v) is 24.8. The zero-order valence-electron chi connectivity index (χ0n) is 41.6. The number of amides is 1. The first-order valence-electron chi connectivity index (χ1n) is 24.8. The molecule has 14 atom stereocenters. The van der Waals surface area contributed by atoms with Crippen LogP contribution in [0.3, 0.4) is 0 Å². The van der Waals surface area contributed by atoms with Crippen LogP contribution in [0.1, 0.15) is 119 Å². The number of methoxy groups -OCH3 is 2. The minimum Gasteiger partial charge on any atom is -0.488 e. The van der Waals surface area contributed by atoms with Crippen LogP contribution in [0, 0.1) is 29.6 Å². The van der Waals surface area contributed by atoms with Gasteiger partial charge in [-0.05, 0) is 127 Å². The number of cyclic esters (lactones) is 1. The van der Waals surface area contributed by atoms with E-state index in [0.29, 0.717) is 57.1 Å². The molecule has 2 saturated heterocycles. The van der Waals surface area contributed by atoms with Crippen LogP contribution in [-0.2, 0) is 49.9 Å². The van der Waals surface area contributed by atoms with Crippen LogP contribution < -0.4 is 4.74 Å². The van der Waals surface area contributed by atoms with Crippen LogP contribution in [0.2, 0.25) is 0 Å². The number of benzene rings is 1. The minimum absolute atomic E-state index is 0.0191. The molecule has 4 heterocycles. The number of nitrogens with zero attached hydrogens (tertiary/aromatic N) is 2. The van der Waals surface area contributed by atoms with Gasteiger partial charge >= 0.3 is 5.97 Å². The Kier molecular flexibility index (Phi) is 18.1. The molecule has 372 valence electrons. The predicted octanol–water partition coefficient (Wildman–Crippen LogP) is 7.44. The van der Waals surface area contributed by atoms with Crippen molar-refractivity contribution in [2.45, 2.75) is 174 Å². The maximum absolute atomic E-state index is 14.6. The number of aliphatic hydroxyl groups excluding tert-OH is 1. The van der Waals surface area contributed by atoms with Crippen molar-refractivity contribution in [2.24, 2.45) is 36.6 Å². The molecule has 3 fully saturated rings. The first-order chi connectivity index (χ1) is 31.9. The Bertz CT molecular complexity index is 2100. The van der Waals surface area contributed by atoms with E-state index in [1.54, 1.807) is 28.1 Å². The third kappa shape index (κ3) is 12.1. The summed E-state index contributed by atoms with van der Waals surface area (Å²) in [4.78, 5) is 58.6. The van der Waals surface area contributed by atoms with E-state index in [2.05, 4.69) is 35.8 Å². The van der Waals surface area contributed by atoms with Crippen LogP contribution >= 0.6 is 0 Å². The molecule has 6 rings (SSSR count). The second kappa shape index (κ2) is 23.1. The summed E-state index contributed by atoms with van der Waals surface area (Å²) < 4.78 is 39.5. The topological polar surface area (TPSA) is 172 Å². The van der Waals surface area contributed by atoms with Gasteiger partial charge in [-0.3, -0.25) is 14.4 Å². The third-order valence-corrected chi connectivity index (χ3v) is 15.1. The molecule has 2 bridgehead atoms. The molecular weight excluding hydrogens is 857 g/mol. The number of aromatic nitrogens is 1. The number of esters is 1. The van der Waals surface area contributed by atoms with Gasteiger partial charge < -0.3 is 48.1 Å². The average Bonchev–Trinajstić information content (AvgIpc) is 3.68. The molecular formula is C53H78N2O12. The molecule has 0 radical (unpaired) electrons. The number of hydrogen-bond donors (Lipinski definition) is 2. The molecule has 1 amide bonds. The van der Waals surface area contributed by atoms with Crippen LogP contribution in [0.15, 0.2) is 53.8 Å². The van der Waals surface area contributed by atoms with Gasteiger partial charge in [0.15, 0.2) is 0 Å². The van der Waals surface area contributed by atoms with Crippen molar-refractivity contribution in [1.29, 1.82) is 0 Å². The van der Waals surface area contributed by atoms with Gasteiger partial charge in [-0.25, -0.2) is 4.79 Å². The summed E-state index contributed by atoms with van der Waals surface area (Å²) in [6, 6.07) is 7.03. The number of aliphatic hydroxyl groups is 2. The number of ether oxygens (including phenoxy) is 6. The molecule has 0 spiro atoms. The van der Waals surface area contributed by atoms with Gasteiger partial charge in [-0.1, -0.05) is 45.4 Å². The van der Waals surface area contributed by atoms with E-state index in [0.717, 1.165) is 28.6 Å². The smallest absolute Gasteiger partial charge is 0.329 e.